The van der Waals surface area contributed by atoms with E-state index in [-0.39, 0.29) is 29.3 Å². The number of benzene rings is 2. The van der Waals surface area contributed by atoms with Crippen LogP contribution in [-0.4, -0.2) is 60.1 Å². The van der Waals surface area contributed by atoms with Gasteiger partial charge in [0.05, 0.1) is 21.7 Å². The van der Waals surface area contributed by atoms with Gasteiger partial charge < -0.3 is 25.7 Å². The number of thiocarbonyl (C=S) groups is 3. The van der Waals surface area contributed by atoms with Crippen molar-refractivity contribution >= 4 is 86.2 Å². The van der Waals surface area contributed by atoms with Gasteiger partial charge in [-0.3, -0.25) is 18.7 Å². The number of imidazole rings is 1. The number of nitrogens with zero attached hydrogens (tertiary/aromatic N) is 5. The van der Waals surface area contributed by atoms with E-state index in [1.54, 1.807) is 42.5 Å². The summed E-state index contributed by atoms with van der Waals surface area (Å²) in [5, 5.41) is 13.7. The topological polar surface area (TPSA) is 160 Å². The van der Waals surface area contributed by atoms with Crippen LogP contribution >= 0.6 is 36.7 Å². The van der Waals surface area contributed by atoms with Gasteiger partial charge in [-0.15, -0.1) is 0 Å². The predicted octanol–water partition coefficient (Wildman–Crippen LogP) is 4.32. The van der Waals surface area contributed by atoms with Gasteiger partial charge in [-0.05, 0) is 92.0 Å². The summed E-state index contributed by atoms with van der Waals surface area (Å²) in [6.07, 6.45) is 1.38. The second-order valence-corrected chi connectivity index (χ2v) is 10.6. The maximum Gasteiger partial charge on any atom is 0.332 e. The molecule has 0 aliphatic rings. The lowest BCUT2D eigenvalue weighted by molar-refractivity contribution is -0.123. The van der Waals surface area contributed by atoms with Crippen LogP contribution in [-0.2, 0) is 17.9 Å². The summed E-state index contributed by atoms with van der Waals surface area (Å²) >= 11 is 14.7. The number of fused-ring (bicyclic) bond motifs is 1. The number of ether oxygens (including phenoxy) is 1. The van der Waals surface area contributed by atoms with Gasteiger partial charge in [0.25, 0.3) is 11.5 Å². The van der Waals surface area contributed by atoms with E-state index in [4.69, 9.17) is 17.0 Å². The van der Waals surface area contributed by atoms with Crippen molar-refractivity contribution in [2.45, 2.75) is 39.8 Å². The summed E-state index contributed by atoms with van der Waals surface area (Å²) in [7, 11) is 0. The summed E-state index contributed by atoms with van der Waals surface area (Å²) in [4.78, 5) is 53.8. The fourth-order valence-electron chi connectivity index (χ4n) is 4.51. The number of anilines is 1. The molecule has 2 heterocycles. The Balaban J connectivity index is 1.28. The molecule has 4 rings (SSSR count). The highest BCUT2D eigenvalue weighted by Crippen LogP contribution is 2.26. The fraction of sp³-hybridized carbons (Fsp3) is 0.300. The molecular weight excluding hydrogens is 647 g/mol. The van der Waals surface area contributed by atoms with Gasteiger partial charge in [0.15, 0.2) is 17.4 Å². The SMILES string of the molecule is CCCn1c(=O)c2[nH]c(-c3ccc(OCC(=O)NCCNC(=S)Nc4cc(N=C=S)cc(N=C=S)c4)cc3)nc2n(CCC)c1=O. The van der Waals surface area contributed by atoms with E-state index in [0.29, 0.717) is 77.6 Å². The zero-order valence-corrected chi connectivity index (χ0v) is 27.5. The Morgan fingerprint density at radius 3 is 2.22 bits per heavy atom. The Labute approximate surface area is 279 Å². The number of aromatic nitrogens is 4. The fourth-order valence-corrected chi connectivity index (χ4v) is 4.94. The Bertz CT molecular complexity index is 1920. The lowest BCUT2D eigenvalue weighted by Gasteiger charge is -2.12. The average Bonchev–Trinajstić information content (AvgIpc) is 3.49. The summed E-state index contributed by atoms with van der Waals surface area (Å²) < 4.78 is 8.41. The molecule has 0 saturated carbocycles. The zero-order valence-electron chi connectivity index (χ0n) is 25.1. The third-order valence-electron chi connectivity index (χ3n) is 6.50. The lowest BCUT2D eigenvalue weighted by atomic mass is 10.2. The van der Waals surface area contributed by atoms with Crippen molar-refractivity contribution in [3.05, 3.63) is 63.3 Å². The molecular formula is C30H31N9O4S3. The van der Waals surface area contributed by atoms with Crippen LogP contribution in [0.4, 0.5) is 17.1 Å². The van der Waals surface area contributed by atoms with Crippen LogP contribution in [0.15, 0.2) is 62.0 Å². The monoisotopic (exact) mass is 677 g/mol. The van der Waals surface area contributed by atoms with Gasteiger partial charge in [0, 0.05) is 37.4 Å². The Morgan fingerprint density at radius 2 is 1.59 bits per heavy atom. The third-order valence-corrected chi connectivity index (χ3v) is 6.92. The van der Waals surface area contributed by atoms with Gasteiger partial charge in [-0.1, -0.05) is 13.8 Å². The van der Waals surface area contributed by atoms with Crippen molar-refractivity contribution in [2.75, 3.05) is 25.0 Å². The van der Waals surface area contributed by atoms with E-state index in [2.05, 4.69) is 70.7 Å². The van der Waals surface area contributed by atoms with Crippen molar-refractivity contribution in [3.8, 4) is 17.1 Å². The van der Waals surface area contributed by atoms with Gasteiger partial charge in [0.1, 0.15) is 17.1 Å². The zero-order chi connectivity index (χ0) is 33.1. The standard InChI is InChI=1S/C30H31N9O4S3/c1-3-11-38-27-25(28(41)39(12-4-2)30(38)42)36-26(37-27)19-5-7-23(8-6-19)43-16-24(40)31-9-10-32-29(46)35-22-14-20(33-17-44)13-21(15-22)34-18-45/h5-8,13-15H,3-4,9-12,16H2,1-2H3,(H,31,40)(H,36,37)(H2,32,35,46). The number of isothiocyanates is 2. The first-order valence-electron chi connectivity index (χ1n) is 14.4. The van der Waals surface area contributed by atoms with Crippen LogP contribution in [0.25, 0.3) is 22.6 Å². The predicted molar refractivity (Wildman–Crippen MR) is 189 cm³/mol. The van der Waals surface area contributed by atoms with Crippen molar-refractivity contribution in [2.24, 2.45) is 9.98 Å². The normalized spacial score (nSPS) is 10.5. The third kappa shape index (κ3) is 8.65. The summed E-state index contributed by atoms with van der Waals surface area (Å²) in [6, 6.07) is 12.0. The second kappa shape index (κ2) is 16.5. The number of rotatable bonds is 14. The molecule has 1 amide bonds. The summed E-state index contributed by atoms with van der Waals surface area (Å²) in [5.74, 6) is 0.617. The molecule has 0 unspecified atom stereocenters. The number of hydrogen-bond donors (Lipinski definition) is 4. The van der Waals surface area contributed by atoms with Crippen molar-refractivity contribution < 1.29 is 9.53 Å². The van der Waals surface area contributed by atoms with Crippen LogP contribution in [0.1, 0.15) is 26.7 Å². The number of aromatic amines is 1. The summed E-state index contributed by atoms with van der Waals surface area (Å²) in [5.41, 5.74) is 2.24. The maximum absolute atomic E-state index is 13.0. The molecule has 238 valence electrons. The van der Waals surface area contributed by atoms with Crippen LogP contribution in [0.2, 0.25) is 0 Å². The number of H-pyrrole nitrogens is 1. The van der Waals surface area contributed by atoms with Crippen molar-refractivity contribution in [1.29, 1.82) is 0 Å². The quantitative estimate of drug-likeness (QED) is 0.0860. The number of amides is 1. The minimum atomic E-state index is -0.387. The van der Waals surface area contributed by atoms with Gasteiger partial charge in [0.2, 0.25) is 0 Å². The first-order valence-corrected chi connectivity index (χ1v) is 15.6. The second-order valence-electron chi connectivity index (χ2n) is 9.86. The highest BCUT2D eigenvalue weighted by Gasteiger charge is 2.17. The minimum absolute atomic E-state index is 0.191. The van der Waals surface area contributed by atoms with Gasteiger partial charge >= 0.3 is 5.69 Å². The van der Waals surface area contributed by atoms with E-state index in [0.717, 1.165) is 6.42 Å². The molecule has 2 aromatic heterocycles. The van der Waals surface area contributed by atoms with Crippen molar-refractivity contribution in [1.82, 2.24) is 29.7 Å². The Kier molecular flexibility index (Phi) is 12.2. The van der Waals surface area contributed by atoms with Gasteiger partial charge in [-0.2, -0.15) is 9.98 Å². The van der Waals surface area contributed by atoms with Crippen LogP contribution in [0.5, 0.6) is 5.75 Å². The van der Waals surface area contributed by atoms with Crippen molar-refractivity contribution in [3.63, 3.8) is 0 Å². The maximum atomic E-state index is 13.0. The molecule has 0 aliphatic carbocycles. The number of aliphatic imine (C=N–C) groups is 2. The molecule has 0 radical (unpaired) electrons. The smallest absolute Gasteiger partial charge is 0.332 e. The van der Waals surface area contributed by atoms with Crippen LogP contribution in [0.3, 0.4) is 0 Å². The van der Waals surface area contributed by atoms with Gasteiger partial charge in [-0.25, -0.2) is 9.78 Å². The Hall–Kier alpha value is -4.85. The first kappa shape index (κ1) is 34.0. The molecule has 0 atom stereocenters. The van der Waals surface area contributed by atoms with Crippen LogP contribution in [0, 0.1) is 0 Å². The highest BCUT2D eigenvalue weighted by atomic mass is 32.1. The molecule has 2 aromatic carbocycles. The van der Waals surface area contributed by atoms with E-state index in [1.165, 1.54) is 9.13 Å². The number of hydrogen-bond acceptors (Lipinski definition) is 10. The summed E-state index contributed by atoms with van der Waals surface area (Å²) in [6.45, 7) is 5.13. The molecule has 4 N–H and O–H groups in total. The number of nitrogens with one attached hydrogen (secondary N) is 4. The van der Waals surface area contributed by atoms with E-state index >= 15 is 0 Å². The molecule has 0 spiro atoms. The average molecular weight is 678 g/mol. The number of carbonyl (C=O) groups excluding carboxylic acids is 1. The lowest BCUT2D eigenvalue weighted by Crippen LogP contribution is -2.40. The number of aryl methyl sites for hydroxylation is 1. The molecule has 16 heteroatoms. The van der Waals surface area contributed by atoms with Crippen LogP contribution < -0.4 is 31.9 Å². The van der Waals surface area contributed by atoms with E-state index in [1.807, 2.05) is 13.8 Å². The molecule has 4 aromatic rings. The van der Waals surface area contributed by atoms with E-state index in [9.17, 15) is 14.4 Å². The molecule has 0 saturated heterocycles. The largest absolute Gasteiger partial charge is 0.484 e. The molecule has 46 heavy (non-hydrogen) atoms. The molecule has 0 fully saturated rings. The first-order chi connectivity index (χ1) is 22.3. The minimum Gasteiger partial charge on any atom is -0.484 e. The molecule has 0 bridgehead atoms. The Morgan fingerprint density at radius 1 is 0.957 bits per heavy atom. The van der Waals surface area contributed by atoms with E-state index < -0.39 is 0 Å². The number of carbonyl (C=O) groups is 1. The molecule has 0 aliphatic heterocycles. The molecule has 13 nitrogen and oxygen atoms in total. The highest BCUT2D eigenvalue weighted by molar-refractivity contribution is 7.80.